The molecule has 0 aromatic carbocycles. The normalized spacial score (nSPS) is 11.9. The molecule has 0 saturated carbocycles. The zero-order valence-electron chi connectivity index (χ0n) is 7.69. The Kier molecular flexibility index (Phi) is 5.09. The number of hydrogen-bond acceptors (Lipinski definition) is 1. The monoisotopic (exact) mass is 170 g/mol. The van der Waals surface area contributed by atoms with E-state index in [4.69, 9.17) is 4.74 Å². The van der Waals surface area contributed by atoms with Crippen LogP contribution < -0.4 is 0 Å². The molecule has 12 heavy (non-hydrogen) atoms. The molecule has 0 heterocycles. The van der Waals surface area contributed by atoms with Gasteiger partial charge in [-0.3, -0.25) is 0 Å². The number of rotatable bonds is 5. The van der Waals surface area contributed by atoms with Crippen molar-refractivity contribution < 1.29 is 9.13 Å². The predicted molar refractivity (Wildman–Crippen MR) is 49.4 cm³/mol. The van der Waals surface area contributed by atoms with E-state index in [-0.39, 0.29) is 0 Å². The summed E-state index contributed by atoms with van der Waals surface area (Å²) in [6, 6.07) is 0. The Morgan fingerprint density at radius 3 is 2.33 bits per heavy atom. The van der Waals surface area contributed by atoms with Crippen molar-refractivity contribution in [3.63, 3.8) is 0 Å². The van der Waals surface area contributed by atoms with E-state index in [1.165, 1.54) is 6.08 Å². The molecule has 0 saturated heterocycles. The highest BCUT2D eigenvalue weighted by Crippen LogP contribution is 2.19. The zero-order chi connectivity index (χ0) is 9.56. The highest BCUT2D eigenvalue weighted by atomic mass is 19.1. The van der Waals surface area contributed by atoms with Gasteiger partial charge in [-0.05, 0) is 19.4 Å². The second kappa shape index (κ2) is 5.58. The fourth-order valence-electron chi connectivity index (χ4n) is 0.924. The zero-order valence-corrected chi connectivity index (χ0v) is 7.69. The van der Waals surface area contributed by atoms with Crippen molar-refractivity contribution in [1.82, 2.24) is 0 Å². The van der Waals surface area contributed by atoms with Gasteiger partial charge < -0.3 is 4.74 Å². The van der Waals surface area contributed by atoms with Crippen LogP contribution in [0.15, 0.2) is 36.4 Å². The number of ether oxygens (including phenoxy) is 1. The third-order valence-corrected chi connectivity index (χ3v) is 1.46. The minimum absolute atomic E-state index is 0.444. The summed E-state index contributed by atoms with van der Waals surface area (Å²) >= 11 is 0. The maximum absolute atomic E-state index is 12.7. The lowest BCUT2D eigenvalue weighted by molar-refractivity contribution is 0.238. The summed E-state index contributed by atoms with van der Waals surface area (Å²) in [6.07, 6.45) is 2.07. The fourth-order valence-corrected chi connectivity index (χ4v) is 0.924. The van der Waals surface area contributed by atoms with E-state index in [0.717, 1.165) is 0 Å². The molecule has 0 bridgehead atoms. The van der Waals surface area contributed by atoms with Gasteiger partial charge in [0.05, 0.1) is 6.61 Å². The first-order valence-electron chi connectivity index (χ1n) is 4.00. The third kappa shape index (κ3) is 2.91. The van der Waals surface area contributed by atoms with Gasteiger partial charge in [0.1, 0.15) is 11.6 Å². The van der Waals surface area contributed by atoms with Crippen molar-refractivity contribution in [2.45, 2.75) is 20.3 Å². The molecule has 0 amide bonds. The van der Waals surface area contributed by atoms with Crippen LogP contribution in [0.5, 0.6) is 0 Å². The van der Waals surface area contributed by atoms with Gasteiger partial charge in [0.2, 0.25) is 0 Å². The molecule has 0 aliphatic heterocycles. The Morgan fingerprint density at radius 1 is 1.50 bits per heavy atom. The average Bonchev–Trinajstić information content (AvgIpc) is 2.03. The minimum Gasteiger partial charge on any atom is -0.494 e. The van der Waals surface area contributed by atoms with Crippen LogP contribution in [-0.2, 0) is 4.74 Å². The van der Waals surface area contributed by atoms with Crippen LogP contribution in [0, 0.1) is 0 Å². The van der Waals surface area contributed by atoms with Crippen molar-refractivity contribution in [1.29, 1.82) is 0 Å². The van der Waals surface area contributed by atoms with E-state index in [1.807, 2.05) is 13.8 Å². The Hall–Kier alpha value is -1.05. The van der Waals surface area contributed by atoms with Gasteiger partial charge in [0, 0.05) is 5.57 Å². The molecule has 0 rings (SSSR count). The van der Waals surface area contributed by atoms with Gasteiger partial charge in [-0.25, -0.2) is 4.39 Å². The Labute approximate surface area is 73.2 Å². The van der Waals surface area contributed by atoms with Gasteiger partial charge in [0.25, 0.3) is 0 Å². The molecule has 68 valence electrons. The van der Waals surface area contributed by atoms with Crippen LogP contribution in [0.2, 0.25) is 0 Å². The average molecular weight is 170 g/mol. The predicted octanol–water partition coefficient (Wildman–Crippen LogP) is 3.36. The number of hydrogen-bond donors (Lipinski definition) is 0. The van der Waals surface area contributed by atoms with Gasteiger partial charge in [-0.15, -0.1) is 0 Å². The van der Waals surface area contributed by atoms with E-state index >= 15 is 0 Å². The summed E-state index contributed by atoms with van der Waals surface area (Å²) in [7, 11) is 0. The molecule has 0 N–H and O–H groups in total. The highest BCUT2D eigenvalue weighted by molar-refractivity contribution is 5.30. The van der Waals surface area contributed by atoms with Gasteiger partial charge in [-0.2, -0.15) is 0 Å². The summed E-state index contributed by atoms with van der Waals surface area (Å²) in [6.45, 7) is 11.0. The topological polar surface area (TPSA) is 9.23 Å². The third-order valence-electron chi connectivity index (χ3n) is 1.46. The molecule has 0 aromatic heterocycles. The van der Waals surface area contributed by atoms with E-state index in [1.54, 1.807) is 0 Å². The summed E-state index contributed by atoms with van der Waals surface area (Å²) in [5, 5.41) is 0. The summed E-state index contributed by atoms with van der Waals surface area (Å²) in [5.41, 5.74) is 0.492. The lowest BCUT2D eigenvalue weighted by atomic mass is 10.1. The molecule has 0 aliphatic carbocycles. The Balaban J connectivity index is 4.73. The second-order valence-corrected chi connectivity index (χ2v) is 2.24. The Morgan fingerprint density at radius 2 is 2.08 bits per heavy atom. The lowest BCUT2D eigenvalue weighted by Crippen LogP contribution is -1.94. The van der Waals surface area contributed by atoms with Crippen LogP contribution in [0.1, 0.15) is 20.3 Å². The van der Waals surface area contributed by atoms with Crippen molar-refractivity contribution in [3.05, 3.63) is 36.4 Å². The largest absolute Gasteiger partial charge is 0.494 e. The summed E-state index contributed by atoms with van der Waals surface area (Å²) in [4.78, 5) is 0. The maximum Gasteiger partial charge on any atom is 0.124 e. The first-order chi connectivity index (χ1) is 5.67. The molecule has 0 spiro atoms. The highest BCUT2D eigenvalue weighted by Gasteiger charge is 2.05. The second-order valence-electron chi connectivity index (χ2n) is 2.24. The van der Waals surface area contributed by atoms with Crippen molar-refractivity contribution in [3.8, 4) is 0 Å². The van der Waals surface area contributed by atoms with Crippen LogP contribution in [0.25, 0.3) is 0 Å². The van der Waals surface area contributed by atoms with Crippen molar-refractivity contribution in [2.75, 3.05) is 6.61 Å². The van der Waals surface area contributed by atoms with E-state index in [9.17, 15) is 4.39 Å². The van der Waals surface area contributed by atoms with E-state index < -0.39 is 5.83 Å². The molecule has 0 atom stereocenters. The van der Waals surface area contributed by atoms with Crippen LogP contribution in [-0.4, -0.2) is 6.61 Å². The minimum atomic E-state index is -0.444. The molecule has 1 nitrogen and oxygen atoms in total. The quantitative estimate of drug-likeness (QED) is 0.454. The molecule has 2 heteroatoms. The molecule has 0 aliphatic rings. The van der Waals surface area contributed by atoms with Crippen molar-refractivity contribution in [2.24, 2.45) is 0 Å². The molecular formula is C10H15FO. The standard InChI is InChI=1S/C10H15FO/c1-5-9(8(4)11)10(6-2)12-7-3/h6H,2,4-5,7H2,1,3H3/b10-9+. The molecule has 0 unspecified atom stereocenters. The van der Waals surface area contributed by atoms with Gasteiger partial charge >= 0.3 is 0 Å². The van der Waals surface area contributed by atoms with Gasteiger partial charge in [0.15, 0.2) is 0 Å². The van der Waals surface area contributed by atoms with Crippen LogP contribution in [0.3, 0.4) is 0 Å². The van der Waals surface area contributed by atoms with E-state index in [0.29, 0.717) is 24.4 Å². The molecule has 0 aromatic rings. The SMILES string of the molecule is C=C/C(OCC)=C(/CC)C(=C)F. The molecular weight excluding hydrogens is 155 g/mol. The van der Waals surface area contributed by atoms with E-state index in [2.05, 4.69) is 13.2 Å². The fraction of sp³-hybridized carbons (Fsp3) is 0.400. The number of allylic oxidation sites excluding steroid dienone is 3. The van der Waals surface area contributed by atoms with Crippen LogP contribution in [0.4, 0.5) is 4.39 Å². The first-order valence-corrected chi connectivity index (χ1v) is 4.00. The molecule has 0 radical (unpaired) electrons. The lowest BCUT2D eigenvalue weighted by Gasteiger charge is -2.08. The molecule has 0 fully saturated rings. The number of halogens is 1. The van der Waals surface area contributed by atoms with Crippen molar-refractivity contribution >= 4 is 0 Å². The Bertz CT molecular complexity index is 204. The summed E-state index contributed by atoms with van der Waals surface area (Å²) in [5.74, 6) is 0.0494. The maximum atomic E-state index is 12.7. The first kappa shape index (κ1) is 11.0. The summed E-state index contributed by atoms with van der Waals surface area (Å²) < 4.78 is 17.9. The van der Waals surface area contributed by atoms with Crippen LogP contribution >= 0.6 is 0 Å². The van der Waals surface area contributed by atoms with Gasteiger partial charge in [-0.1, -0.05) is 20.1 Å². The smallest absolute Gasteiger partial charge is 0.124 e.